The molecule has 2 aromatic rings. The molecule has 0 radical (unpaired) electrons. The Bertz CT molecular complexity index is 723. The van der Waals surface area contributed by atoms with Crippen molar-refractivity contribution in [1.82, 2.24) is 15.2 Å². The number of likely N-dealkylation sites (tertiary alicyclic amines) is 1. The molecule has 0 aliphatic carbocycles. The first-order chi connectivity index (χ1) is 12.7. The Morgan fingerprint density at radius 1 is 1.27 bits per heavy atom. The summed E-state index contributed by atoms with van der Waals surface area (Å²) in [5, 5.41) is 12.8. The molecule has 2 N–H and O–H groups in total. The number of aliphatic hydroxyl groups excluding tert-OH is 1. The quantitative estimate of drug-likeness (QED) is 0.791. The second-order valence-corrected chi connectivity index (χ2v) is 6.49. The lowest BCUT2D eigenvalue weighted by Gasteiger charge is -2.19. The molecule has 26 heavy (non-hydrogen) atoms. The van der Waals surface area contributed by atoms with Gasteiger partial charge in [0, 0.05) is 61.7 Å². The second kappa shape index (κ2) is 8.78. The highest BCUT2D eigenvalue weighted by atomic mass is 16.5. The van der Waals surface area contributed by atoms with Crippen LogP contribution in [0.25, 0.3) is 0 Å². The SMILES string of the molecule is CCOc1ccccc1CN1C[C@@H](CO)[C@H](NC(=O)c2ccncc2)C1. The molecule has 2 heterocycles. The number of hydrogen-bond donors (Lipinski definition) is 2. The van der Waals surface area contributed by atoms with Crippen molar-refractivity contribution in [2.75, 3.05) is 26.3 Å². The monoisotopic (exact) mass is 355 g/mol. The Labute approximate surface area is 153 Å². The van der Waals surface area contributed by atoms with E-state index in [2.05, 4.69) is 21.3 Å². The minimum Gasteiger partial charge on any atom is -0.494 e. The first-order valence-electron chi connectivity index (χ1n) is 8.96. The first-order valence-corrected chi connectivity index (χ1v) is 8.96. The summed E-state index contributed by atoms with van der Waals surface area (Å²) in [6.45, 7) is 4.81. The molecule has 0 saturated carbocycles. The largest absolute Gasteiger partial charge is 0.494 e. The number of carbonyl (C=O) groups excluding carboxylic acids is 1. The summed E-state index contributed by atoms with van der Waals surface area (Å²) < 4.78 is 5.70. The van der Waals surface area contributed by atoms with Crippen molar-refractivity contribution in [3.63, 3.8) is 0 Å². The van der Waals surface area contributed by atoms with Gasteiger partial charge in [0.25, 0.3) is 5.91 Å². The number of nitrogens with one attached hydrogen (secondary N) is 1. The van der Waals surface area contributed by atoms with Crippen molar-refractivity contribution in [3.05, 3.63) is 59.9 Å². The molecule has 3 rings (SSSR count). The van der Waals surface area contributed by atoms with E-state index in [0.29, 0.717) is 18.7 Å². The van der Waals surface area contributed by atoms with E-state index in [1.807, 2.05) is 25.1 Å². The number of carbonyl (C=O) groups is 1. The van der Waals surface area contributed by atoms with E-state index >= 15 is 0 Å². The highest BCUT2D eigenvalue weighted by Gasteiger charge is 2.33. The zero-order valence-corrected chi connectivity index (χ0v) is 15.0. The van der Waals surface area contributed by atoms with E-state index in [0.717, 1.165) is 24.4 Å². The van der Waals surface area contributed by atoms with Gasteiger partial charge < -0.3 is 15.2 Å². The summed E-state index contributed by atoms with van der Waals surface area (Å²) in [7, 11) is 0. The fraction of sp³-hybridized carbons (Fsp3) is 0.400. The van der Waals surface area contributed by atoms with Crippen LogP contribution in [-0.4, -0.2) is 53.2 Å². The van der Waals surface area contributed by atoms with Gasteiger partial charge in [-0.3, -0.25) is 14.7 Å². The summed E-state index contributed by atoms with van der Waals surface area (Å²) in [6, 6.07) is 11.3. The summed E-state index contributed by atoms with van der Waals surface area (Å²) in [4.78, 5) is 18.6. The van der Waals surface area contributed by atoms with Crippen molar-refractivity contribution in [2.24, 2.45) is 5.92 Å². The maximum absolute atomic E-state index is 12.4. The molecule has 1 aromatic heterocycles. The molecular formula is C20H25N3O3. The molecule has 1 amide bonds. The standard InChI is InChI=1S/C20H25N3O3/c1-2-26-19-6-4-3-5-16(19)11-23-12-17(14-24)18(13-23)22-20(25)15-7-9-21-10-8-15/h3-10,17-18,24H,2,11-14H2,1H3,(H,22,25)/t17-,18+/m0/s1. The summed E-state index contributed by atoms with van der Waals surface area (Å²) >= 11 is 0. The Morgan fingerprint density at radius 3 is 2.77 bits per heavy atom. The number of nitrogens with zero attached hydrogens (tertiary/aromatic N) is 2. The third-order valence-corrected chi connectivity index (χ3v) is 4.68. The summed E-state index contributed by atoms with van der Waals surface area (Å²) in [5.74, 6) is 0.771. The summed E-state index contributed by atoms with van der Waals surface area (Å²) in [6.07, 6.45) is 3.20. The van der Waals surface area contributed by atoms with Crippen LogP contribution in [-0.2, 0) is 6.54 Å². The number of hydrogen-bond acceptors (Lipinski definition) is 5. The minimum absolute atomic E-state index is 0.0139. The molecule has 6 heteroatoms. The highest BCUT2D eigenvalue weighted by molar-refractivity contribution is 5.94. The Kier molecular flexibility index (Phi) is 6.20. The van der Waals surface area contributed by atoms with Gasteiger partial charge >= 0.3 is 0 Å². The molecule has 1 saturated heterocycles. The maximum atomic E-state index is 12.4. The van der Waals surface area contributed by atoms with Crippen LogP contribution in [0.4, 0.5) is 0 Å². The number of aliphatic hydroxyl groups is 1. The fourth-order valence-electron chi connectivity index (χ4n) is 3.36. The van der Waals surface area contributed by atoms with E-state index in [-0.39, 0.29) is 24.5 Å². The molecule has 6 nitrogen and oxygen atoms in total. The van der Waals surface area contributed by atoms with E-state index in [4.69, 9.17) is 4.74 Å². The molecular weight excluding hydrogens is 330 g/mol. The van der Waals surface area contributed by atoms with Gasteiger partial charge in [0.1, 0.15) is 5.75 Å². The average molecular weight is 355 g/mol. The van der Waals surface area contributed by atoms with Gasteiger partial charge in [-0.2, -0.15) is 0 Å². The van der Waals surface area contributed by atoms with Crippen LogP contribution >= 0.6 is 0 Å². The predicted molar refractivity (Wildman–Crippen MR) is 99.0 cm³/mol. The third-order valence-electron chi connectivity index (χ3n) is 4.68. The smallest absolute Gasteiger partial charge is 0.251 e. The Hall–Kier alpha value is -2.44. The van der Waals surface area contributed by atoms with Crippen LogP contribution < -0.4 is 10.1 Å². The number of rotatable bonds is 7. The van der Waals surface area contributed by atoms with Gasteiger partial charge in [0.15, 0.2) is 0 Å². The van der Waals surface area contributed by atoms with Gasteiger partial charge in [-0.1, -0.05) is 18.2 Å². The Balaban J connectivity index is 1.65. The van der Waals surface area contributed by atoms with Crippen molar-refractivity contribution >= 4 is 5.91 Å². The van der Waals surface area contributed by atoms with Crippen LogP contribution in [0.2, 0.25) is 0 Å². The van der Waals surface area contributed by atoms with E-state index in [1.165, 1.54) is 0 Å². The average Bonchev–Trinajstić information content (AvgIpc) is 3.05. The normalized spacial score (nSPS) is 20.1. The number of pyridine rings is 1. The number of benzene rings is 1. The summed E-state index contributed by atoms with van der Waals surface area (Å²) in [5.41, 5.74) is 1.70. The molecule has 0 bridgehead atoms. The second-order valence-electron chi connectivity index (χ2n) is 6.49. The van der Waals surface area contributed by atoms with Gasteiger partial charge in [0.2, 0.25) is 0 Å². The Morgan fingerprint density at radius 2 is 2.04 bits per heavy atom. The van der Waals surface area contributed by atoms with E-state index in [1.54, 1.807) is 24.5 Å². The van der Waals surface area contributed by atoms with Gasteiger partial charge in [-0.05, 0) is 25.1 Å². The van der Waals surface area contributed by atoms with Crippen LogP contribution in [0, 0.1) is 5.92 Å². The van der Waals surface area contributed by atoms with Crippen molar-refractivity contribution in [3.8, 4) is 5.75 Å². The zero-order chi connectivity index (χ0) is 18.4. The molecule has 2 atom stereocenters. The van der Waals surface area contributed by atoms with Gasteiger partial charge in [-0.15, -0.1) is 0 Å². The van der Waals surface area contributed by atoms with Crippen LogP contribution in [0.15, 0.2) is 48.8 Å². The van der Waals surface area contributed by atoms with Gasteiger partial charge in [-0.25, -0.2) is 0 Å². The van der Waals surface area contributed by atoms with Crippen molar-refractivity contribution < 1.29 is 14.6 Å². The van der Waals surface area contributed by atoms with Crippen LogP contribution in [0.5, 0.6) is 5.75 Å². The lowest BCUT2D eigenvalue weighted by molar-refractivity contribution is 0.0921. The first kappa shape index (κ1) is 18.4. The fourth-order valence-corrected chi connectivity index (χ4v) is 3.36. The lowest BCUT2D eigenvalue weighted by atomic mass is 10.0. The maximum Gasteiger partial charge on any atom is 0.251 e. The van der Waals surface area contributed by atoms with Crippen LogP contribution in [0.3, 0.4) is 0 Å². The predicted octanol–water partition coefficient (Wildman–Crippen LogP) is 1.70. The molecule has 0 unspecified atom stereocenters. The van der Waals surface area contributed by atoms with Gasteiger partial charge in [0.05, 0.1) is 6.61 Å². The molecule has 0 spiro atoms. The molecule has 1 fully saturated rings. The van der Waals surface area contributed by atoms with Crippen molar-refractivity contribution in [2.45, 2.75) is 19.5 Å². The number of ether oxygens (including phenoxy) is 1. The van der Waals surface area contributed by atoms with Crippen LogP contribution in [0.1, 0.15) is 22.8 Å². The molecule has 1 aromatic carbocycles. The van der Waals surface area contributed by atoms with E-state index in [9.17, 15) is 9.90 Å². The highest BCUT2D eigenvalue weighted by Crippen LogP contribution is 2.24. The van der Waals surface area contributed by atoms with Crippen molar-refractivity contribution in [1.29, 1.82) is 0 Å². The number of aromatic nitrogens is 1. The zero-order valence-electron chi connectivity index (χ0n) is 15.0. The minimum atomic E-state index is -0.132. The molecule has 1 aliphatic heterocycles. The topological polar surface area (TPSA) is 74.7 Å². The van der Waals surface area contributed by atoms with E-state index < -0.39 is 0 Å². The molecule has 1 aliphatic rings. The third kappa shape index (κ3) is 4.39. The number of amides is 1. The lowest BCUT2D eigenvalue weighted by Crippen LogP contribution is -2.41. The molecule has 138 valence electrons. The number of para-hydroxylation sites is 1.